The van der Waals surface area contributed by atoms with Crippen LogP contribution in [0.1, 0.15) is 29.6 Å². The molecule has 3 rings (SSSR count). The largest absolute Gasteiger partial charge is 0.387 e. The average molecular weight is 348 g/mol. The molecule has 2 amide bonds. The van der Waals surface area contributed by atoms with Gasteiger partial charge in [0.1, 0.15) is 5.82 Å². The van der Waals surface area contributed by atoms with E-state index in [-0.39, 0.29) is 11.9 Å². The van der Waals surface area contributed by atoms with Crippen molar-refractivity contribution in [3.05, 3.63) is 40.6 Å². The van der Waals surface area contributed by atoms with Crippen LogP contribution in [0.2, 0.25) is 0 Å². The lowest BCUT2D eigenvalue weighted by Crippen LogP contribution is -2.45. The highest BCUT2D eigenvalue weighted by Gasteiger charge is 2.28. The number of carbonyl (C=O) groups excluding carboxylic acids is 1. The van der Waals surface area contributed by atoms with Crippen LogP contribution in [0.25, 0.3) is 0 Å². The maximum Gasteiger partial charge on any atom is 0.317 e. The first kappa shape index (κ1) is 17.0. The molecule has 1 aliphatic rings. The predicted molar refractivity (Wildman–Crippen MR) is 93.9 cm³/mol. The van der Waals surface area contributed by atoms with Crippen LogP contribution >= 0.6 is 11.3 Å². The summed E-state index contributed by atoms with van der Waals surface area (Å²) < 4.78 is 2.02. The summed E-state index contributed by atoms with van der Waals surface area (Å²) in [6.45, 7) is 4.66. The number of nitrogens with zero attached hydrogens (tertiary/aromatic N) is 3. The number of hydrogen-bond acceptors (Lipinski definition) is 4. The highest BCUT2D eigenvalue weighted by Crippen LogP contribution is 2.32. The summed E-state index contributed by atoms with van der Waals surface area (Å²) in [5.74, 6) is 1.19. The number of imidazole rings is 1. The summed E-state index contributed by atoms with van der Waals surface area (Å²) in [6, 6.07) is 3.93. The molecule has 2 N–H and O–H groups in total. The van der Waals surface area contributed by atoms with Gasteiger partial charge in [0, 0.05) is 43.4 Å². The number of aliphatic hydroxyl groups excluding tert-OH is 1. The number of piperidine rings is 1. The second kappa shape index (κ2) is 7.81. The van der Waals surface area contributed by atoms with Crippen molar-refractivity contribution in [1.82, 2.24) is 19.8 Å². The molecule has 0 radical (unpaired) electrons. The zero-order valence-electron chi connectivity index (χ0n) is 13.9. The van der Waals surface area contributed by atoms with Crippen LogP contribution in [0.4, 0.5) is 4.79 Å². The van der Waals surface area contributed by atoms with Crippen molar-refractivity contribution >= 4 is 17.4 Å². The quantitative estimate of drug-likeness (QED) is 0.872. The summed E-state index contributed by atoms with van der Waals surface area (Å²) in [7, 11) is 0. The smallest absolute Gasteiger partial charge is 0.317 e. The number of amides is 2. The minimum Gasteiger partial charge on any atom is -0.387 e. The predicted octanol–water partition coefficient (Wildman–Crippen LogP) is 2.41. The molecule has 3 heterocycles. The fraction of sp³-hybridized carbons (Fsp3) is 0.529. The van der Waals surface area contributed by atoms with E-state index in [0.29, 0.717) is 19.6 Å². The molecule has 0 spiro atoms. The zero-order valence-corrected chi connectivity index (χ0v) is 14.7. The molecular weight excluding hydrogens is 324 g/mol. The molecule has 130 valence electrons. The van der Waals surface area contributed by atoms with Crippen LogP contribution in [0.15, 0.2) is 29.9 Å². The third-order valence-corrected chi connectivity index (χ3v) is 5.60. The van der Waals surface area contributed by atoms with Gasteiger partial charge in [-0.15, -0.1) is 11.3 Å². The van der Waals surface area contributed by atoms with Gasteiger partial charge >= 0.3 is 6.03 Å². The highest BCUT2D eigenvalue weighted by atomic mass is 32.1. The average Bonchev–Trinajstić information content (AvgIpc) is 3.26. The Kier molecular flexibility index (Phi) is 5.52. The van der Waals surface area contributed by atoms with Crippen molar-refractivity contribution in [3.8, 4) is 0 Å². The Labute approximate surface area is 146 Å². The van der Waals surface area contributed by atoms with Crippen LogP contribution < -0.4 is 5.32 Å². The number of likely N-dealkylation sites (tertiary alicyclic amines) is 1. The van der Waals surface area contributed by atoms with Crippen molar-refractivity contribution in [2.45, 2.75) is 32.4 Å². The first-order valence-electron chi connectivity index (χ1n) is 8.37. The maximum absolute atomic E-state index is 12.2. The van der Waals surface area contributed by atoms with Crippen molar-refractivity contribution in [1.29, 1.82) is 0 Å². The standard InChI is InChI=1S/C17H24N4O2S/c1-13-18-6-10-20(13)11-7-19-17(23)21-8-4-14(5-9-21)16(22)15-3-2-12-24-15/h2-3,6,10,12,14,16,22H,4-5,7-9,11H2,1H3,(H,19,23)/t16-/m1/s1. The highest BCUT2D eigenvalue weighted by molar-refractivity contribution is 7.10. The zero-order chi connectivity index (χ0) is 16.9. The molecule has 6 nitrogen and oxygen atoms in total. The topological polar surface area (TPSA) is 70.4 Å². The van der Waals surface area contributed by atoms with Gasteiger partial charge < -0.3 is 19.9 Å². The SMILES string of the molecule is Cc1nccn1CCNC(=O)N1CCC([C@@H](O)c2cccs2)CC1. The Morgan fingerprint density at radius 1 is 1.50 bits per heavy atom. The molecule has 2 aromatic heterocycles. The lowest BCUT2D eigenvalue weighted by atomic mass is 9.90. The molecule has 1 fully saturated rings. The van der Waals surface area contributed by atoms with Crippen molar-refractivity contribution in [3.63, 3.8) is 0 Å². The minimum atomic E-state index is -0.403. The van der Waals surface area contributed by atoms with Gasteiger partial charge in [0.25, 0.3) is 0 Å². The summed E-state index contributed by atoms with van der Waals surface area (Å²) in [5, 5.41) is 15.4. The normalized spacial score (nSPS) is 17.0. The molecule has 1 aliphatic heterocycles. The van der Waals surface area contributed by atoms with E-state index in [1.54, 1.807) is 17.5 Å². The summed E-state index contributed by atoms with van der Waals surface area (Å²) in [4.78, 5) is 19.3. The monoisotopic (exact) mass is 348 g/mol. The maximum atomic E-state index is 12.2. The van der Waals surface area contributed by atoms with Gasteiger partial charge in [0.2, 0.25) is 0 Å². The van der Waals surface area contributed by atoms with E-state index in [4.69, 9.17) is 0 Å². The fourth-order valence-corrected chi connectivity index (χ4v) is 3.95. The molecular formula is C17H24N4O2S. The number of aromatic nitrogens is 2. The van der Waals surface area contributed by atoms with Crippen LogP contribution in [-0.2, 0) is 6.54 Å². The third-order valence-electron chi connectivity index (χ3n) is 4.66. The fourth-order valence-electron chi connectivity index (χ4n) is 3.15. The van der Waals surface area contributed by atoms with E-state index in [2.05, 4.69) is 10.3 Å². The van der Waals surface area contributed by atoms with E-state index in [9.17, 15) is 9.90 Å². The summed E-state index contributed by atoms with van der Waals surface area (Å²) in [5.41, 5.74) is 0. The van der Waals surface area contributed by atoms with Gasteiger partial charge in [-0.3, -0.25) is 0 Å². The molecule has 2 aromatic rings. The van der Waals surface area contributed by atoms with Crippen LogP contribution in [0.5, 0.6) is 0 Å². The lowest BCUT2D eigenvalue weighted by molar-refractivity contribution is 0.0690. The van der Waals surface area contributed by atoms with E-state index < -0.39 is 6.10 Å². The van der Waals surface area contributed by atoms with Gasteiger partial charge in [-0.1, -0.05) is 6.07 Å². The van der Waals surface area contributed by atoms with Gasteiger partial charge in [0.15, 0.2) is 0 Å². The Balaban J connectivity index is 1.41. The number of thiophene rings is 1. The first-order valence-corrected chi connectivity index (χ1v) is 9.25. The van der Waals surface area contributed by atoms with Gasteiger partial charge in [0.05, 0.1) is 6.10 Å². The Hall–Kier alpha value is -1.86. The Morgan fingerprint density at radius 3 is 2.92 bits per heavy atom. The van der Waals surface area contributed by atoms with E-state index >= 15 is 0 Å². The summed E-state index contributed by atoms with van der Waals surface area (Å²) >= 11 is 1.59. The number of urea groups is 1. The van der Waals surface area contributed by atoms with Crippen molar-refractivity contribution in [2.24, 2.45) is 5.92 Å². The molecule has 0 unspecified atom stereocenters. The second-order valence-electron chi connectivity index (χ2n) is 6.18. The van der Waals surface area contributed by atoms with Gasteiger partial charge in [-0.05, 0) is 37.1 Å². The molecule has 1 atom stereocenters. The number of aliphatic hydroxyl groups is 1. The molecule has 1 saturated heterocycles. The number of rotatable bonds is 5. The lowest BCUT2D eigenvalue weighted by Gasteiger charge is -2.34. The number of hydrogen-bond donors (Lipinski definition) is 2. The number of nitrogens with one attached hydrogen (secondary N) is 1. The molecule has 0 aromatic carbocycles. The van der Waals surface area contributed by atoms with Crippen molar-refractivity contribution in [2.75, 3.05) is 19.6 Å². The Bertz CT molecular complexity index is 647. The van der Waals surface area contributed by atoms with Gasteiger partial charge in [-0.2, -0.15) is 0 Å². The first-order chi connectivity index (χ1) is 11.6. The van der Waals surface area contributed by atoms with Crippen LogP contribution in [-0.4, -0.2) is 45.2 Å². The molecule has 24 heavy (non-hydrogen) atoms. The summed E-state index contributed by atoms with van der Waals surface area (Å²) in [6.07, 6.45) is 4.96. The van der Waals surface area contributed by atoms with Crippen molar-refractivity contribution < 1.29 is 9.90 Å². The molecule has 0 saturated carbocycles. The van der Waals surface area contributed by atoms with Crippen LogP contribution in [0.3, 0.4) is 0 Å². The van der Waals surface area contributed by atoms with Crippen LogP contribution in [0, 0.1) is 12.8 Å². The number of aryl methyl sites for hydroxylation is 1. The Morgan fingerprint density at radius 2 is 2.29 bits per heavy atom. The molecule has 0 aliphatic carbocycles. The van der Waals surface area contributed by atoms with E-state index in [1.807, 2.05) is 40.1 Å². The van der Waals surface area contributed by atoms with E-state index in [0.717, 1.165) is 30.1 Å². The number of carbonyl (C=O) groups is 1. The minimum absolute atomic E-state index is 0.0168. The second-order valence-corrected chi connectivity index (χ2v) is 7.16. The van der Waals surface area contributed by atoms with E-state index in [1.165, 1.54) is 0 Å². The van der Waals surface area contributed by atoms with Gasteiger partial charge in [-0.25, -0.2) is 9.78 Å². The third kappa shape index (κ3) is 3.96. The molecule has 7 heteroatoms. The molecule has 0 bridgehead atoms.